The van der Waals surface area contributed by atoms with Crippen LogP contribution in [0.5, 0.6) is 5.75 Å². The molecule has 0 fully saturated rings. The van der Waals surface area contributed by atoms with Gasteiger partial charge in [-0.1, -0.05) is 18.2 Å². The Balaban J connectivity index is 2.93. The van der Waals surface area contributed by atoms with Crippen LogP contribution in [0.4, 0.5) is 8.78 Å². The minimum Gasteiger partial charge on any atom is -0.496 e. The van der Waals surface area contributed by atoms with E-state index >= 15 is 0 Å². The maximum atomic E-state index is 12.4. The second kappa shape index (κ2) is 5.46. The van der Waals surface area contributed by atoms with Crippen molar-refractivity contribution >= 4 is 0 Å². The summed E-state index contributed by atoms with van der Waals surface area (Å²) in [5, 5.41) is 0. The van der Waals surface area contributed by atoms with E-state index in [-0.39, 0.29) is 18.5 Å². The van der Waals surface area contributed by atoms with Crippen molar-refractivity contribution in [1.29, 1.82) is 0 Å². The Bertz CT molecular complexity index is 359. The van der Waals surface area contributed by atoms with E-state index in [9.17, 15) is 8.78 Å². The lowest BCUT2D eigenvalue weighted by Crippen LogP contribution is -2.07. The second-order valence-corrected chi connectivity index (χ2v) is 3.06. The summed E-state index contributed by atoms with van der Waals surface area (Å²) in [7, 11) is 1.51. The van der Waals surface area contributed by atoms with Gasteiger partial charge in [-0.25, -0.2) is 0 Å². The second-order valence-electron chi connectivity index (χ2n) is 3.06. The summed E-state index contributed by atoms with van der Waals surface area (Å²) in [6.45, 7) is -0.139. The van der Waals surface area contributed by atoms with E-state index in [0.717, 1.165) is 0 Å². The Labute approximate surface area is 87.4 Å². The number of methoxy groups -OCH3 is 1. The highest BCUT2D eigenvalue weighted by atomic mass is 19.3. The van der Waals surface area contributed by atoms with Crippen LogP contribution in [-0.2, 0) is 6.42 Å². The van der Waals surface area contributed by atoms with Gasteiger partial charge < -0.3 is 10.5 Å². The normalized spacial score (nSPS) is 9.87. The fourth-order valence-corrected chi connectivity index (χ4v) is 1.30. The van der Waals surface area contributed by atoms with E-state index in [0.29, 0.717) is 11.3 Å². The lowest BCUT2D eigenvalue weighted by atomic mass is 10.1. The molecule has 0 saturated heterocycles. The van der Waals surface area contributed by atoms with Gasteiger partial charge in [0.2, 0.25) is 0 Å². The highest BCUT2D eigenvalue weighted by Gasteiger charge is 2.08. The summed E-state index contributed by atoms with van der Waals surface area (Å²) in [4.78, 5) is 0. The molecule has 1 aromatic rings. The number of ether oxygens (including phenoxy) is 1. The van der Waals surface area contributed by atoms with Gasteiger partial charge >= 0.3 is 0 Å². The van der Waals surface area contributed by atoms with Crippen molar-refractivity contribution in [2.75, 3.05) is 13.7 Å². The molecule has 82 valence electrons. The van der Waals surface area contributed by atoms with Crippen LogP contribution >= 0.6 is 0 Å². The lowest BCUT2D eigenvalue weighted by molar-refractivity contribution is 0.402. The third kappa shape index (κ3) is 3.02. The highest BCUT2D eigenvalue weighted by Crippen LogP contribution is 2.22. The molecule has 0 aliphatic carbocycles. The van der Waals surface area contributed by atoms with Gasteiger partial charge in [0.15, 0.2) is 0 Å². The van der Waals surface area contributed by atoms with E-state index in [1.165, 1.54) is 7.11 Å². The molecule has 0 unspecified atom stereocenters. The molecule has 2 N–H and O–H groups in total. The first-order valence-electron chi connectivity index (χ1n) is 4.54. The molecule has 0 amide bonds. The zero-order valence-electron chi connectivity index (χ0n) is 8.47. The zero-order valence-corrected chi connectivity index (χ0v) is 8.47. The van der Waals surface area contributed by atoms with E-state index in [1.807, 2.05) is 0 Å². The Hall–Kier alpha value is -1.42. The molecule has 0 radical (unpaired) electrons. The minimum atomic E-state index is -1.71. The average molecular weight is 213 g/mol. The molecule has 0 heterocycles. The molecular formula is C11H13F2NO. The molecule has 4 heteroatoms. The molecule has 2 nitrogen and oxygen atoms in total. The van der Waals surface area contributed by atoms with Crippen molar-refractivity contribution in [3.63, 3.8) is 0 Å². The predicted octanol–water partition coefficient (Wildman–Crippen LogP) is 2.35. The topological polar surface area (TPSA) is 35.2 Å². The summed E-state index contributed by atoms with van der Waals surface area (Å²) in [6, 6.07) is 7.05. The van der Waals surface area contributed by atoms with Gasteiger partial charge in [-0.05, 0) is 11.6 Å². The largest absolute Gasteiger partial charge is 0.496 e. The van der Waals surface area contributed by atoms with Crippen LogP contribution in [0.2, 0.25) is 0 Å². The van der Waals surface area contributed by atoms with Crippen molar-refractivity contribution in [2.24, 2.45) is 5.73 Å². The summed E-state index contributed by atoms with van der Waals surface area (Å²) in [5.41, 5.74) is 5.89. The number of hydrogen-bond acceptors (Lipinski definition) is 2. The molecule has 0 aromatic heterocycles. The van der Waals surface area contributed by atoms with Gasteiger partial charge in [-0.15, -0.1) is 0 Å². The molecule has 0 saturated carbocycles. The number of rotatable bonds is 4. The van der Waals surface area contributed by atoms with Gasteiger partial charge in [0.25, 0.3) is 6.08 Å². The fraction of sp³-hybridized carbons (Fsp3) is 0.273. The summed E-state index contributed by atoms with van der Waals surface area (Å²) >= 11 is 0. The number of hydrogen-bond donors (Lipinski definition) is 1. The van der Waals surface area contributed by atoms with E-state index in [1.54, 1.807) is 24.3 Å². The molecule has 0 aliphatic heterocycles. The minimum absolute atomic E-state index is 0.0560. The molecule has 0 atom stereocenters. The molecule has 0 spiro atoms. The van der Waals surface area contributed by atoms with Crippen molar-refractivity contribution in [3.05, 3.63) is 41.5 Å². The van der Waals surface area contributed by atoms with Gasteiger partial charge in [0.1, 0.15) is 5.75 Å². The van der Waals surface area contributed by atoms with Gasteiger partial charge in [0.05, 0.1) is 7.11 Å². The van der Waals surface area contributed by atoms with Crippen LogP contribution in [0, 0.1) is 0 Å². The first-order chi connectivity index (χ1) is 7.19. The summed E-state index contributed by atoms with van der Waals surface area (Å²) < 4.78 is 29.8. The van der Waals surface area contributed by atoms with Crippen LogP contribution in [-0.4, -0.2) is 13.7 Å². The molecule has 1 aromatic carbocycles. The van der Waals surface area contributed by atoms with Crippen molar-refractivity contribution in [3.8, 4) is 5.75 Å². The van der Waals surface area contributed by atoms with Crippen LogP contribution in [0.1, 0.15) is 5.56 Å². The zero-order chi connectivity index (χ0) is 11.3. The number of benzene rings is 1. The lowest BCUT2D eigenvalue weighted by Gasteiger charge is -2.08. The molecule has 15 heavy (non-hydrogen) atoms. The Morgan fingerprint density at radius 1 is 1.33 bits per heavy atom. The number of halogens is 2. The van der Waals surface area contributed by atoms with Crippen LogP contribution < -0.4 is 10.5 Å². The summed E-state index contributed by atoms with van der Waals surface area (Å²) in [6.07, 6.45) is -1.58. The van der Waals surface area contributed by atoms with E-state index in [4.69, 9.17) is 10.5 Å². The quantitative estimate of drug-likeness (QED) is 0.833. The molecule has 0 bridgehead atoms. The van der Waals surface area contributed by atoms with Crippen LogP contribution in [0.15, 0.2) is 35.9 Å². The first kappa shape index (κ1) is 11.7. The van der Waals surface area contributed by atoms with Crippen molar-refractivity contribution < 1.29 is 13.5 Å². The molecular weight excluding hydrogens is 200 g/mol. The predicted molar refractivity (Wildman–Crippen MR) is 55.0 cm³/mol. The summed E-state index contributed by atoms with van der Waals surface area (Å²) in [5.74, 6) is 0.602. The van der Waals surface area contributed by atoms with Crippen LogP contribution in [0.3, 0.4) is 0 Å². The third-order valence-electron chi connectivity index (χ3n) is 2.11. The van der Waals surface area contributed by atoms with Gasteiger partial charge in [0, 0.05) is 18.5 Å². The Kier molecular flexibility index (Phi) is 4.24. The van der Waals surface area contributed by atoms with Gasteiger partial charge in [-0.3, -0.25) is 0 Å². The monoisotopic (exact) mass is 213 g/mol. The average Bonchev–Trinajstić information content (AvgIpc) is 2.25. The standard InChI is InChI=1S/C11H13F2NO/c1-15-10-5-3-2-4-8(10)6-9(7-14)11(12)13/h2-5H,6-7,14H2,1H3. The maximum Gasteiger partial charge on any atom is 0.271 e. The third-order valence-corrected chi connectivity index (χ3v) is 2.11. The van der Waals surface area contributed by atoms with Gasteiger partial charge in [-0.2, -0.15) is 8.78 Å². The smallest absolute Gasteiger partial charge is 0.271 e. The van der Waals surface area contributed by atoms with Crippen LogP contribution in [0.25, 0.3) is 0 Å². The van der Waals surface area contributed by atoms with Crippen molar-refractivity contribution in [2.45, 2.75) is 6.42 Å². The number of para-hydroxylation sites is 1. The molecule has 1 rings (SSSR count). The van der Waals surface area contributed by atoms with E-state index in [2.05, 4.69) is 0 Å². The SMILES string of the molecule is COc1ccccc1CC(CN)=C(F)F. The van der Waals surface area contributed by atoms with Crippen molar-refractivity contribution in [1.82, 2.24) is 0 Å². The highest BCUT2D eigenvalue weighted by molar-refractivity contribution is 5.36. The Morgan fingerprint density at radius 3 is 2.53 bits per heavy atom. The number of nitrogens with two attached hydrogens (primary N) is 1. The van der Waals surface area contributed by atoms with E-state index < -0.39 is 6.08 Å². The molecule has 0 aliphatic rings. The first-order valence-corrected chi connectivity index (χ1v) is 4.54. The maximum absolute atomic E-state index is 12.4. The fourth-order valence-electron chi connectivity index (χ4n) is 1.30. The Morgan fingerprint density at radius 2 is 2.00 bits per heavy atom.